The van der Waals surface area contributed by atoms with Crippen LogP contribution < -0.4 is 14.8 Å². The molecule has 3 aromatic carbocycles. The second kappa shape index (κ2) is 9.00. The van der Waals surface area contributed by atoms with Gasteiger partial charge in [0.05, 0.1) is 7.11 Å². The molecular formula is C37H42N2O3. The van der Waals surface area contributed by atoms with Gasteiger partial charge in [-0.3, -0.25) is 4.90 Å². The third kappa shape index (κ3) is 3.22. The van der Waals surface area contributed by atoms with Gasteiger partial charge in [0.25, 0.3) is 0 Å². The number of rotatable bonds is 8. The lowest BCUT2D eigenvalue weighted by Crippen LogP contribution is -2.80. The molecule has 0 radical (unpaired) electrons. The van der Waals surface area contributed by atoms with Gasteiger partial charge in [-0.15, -0.1) is 0 Å². The third-order valence-corrected chi connectivity index (χ3v) is 12.5. The highest BCUT2D eigenvalue weighted by Gasteiger charge is 2.80. The average molecular weight is 563 g/mol. The summed E-state index contributed by atoms with van der Waals surface area (Å²) < 4.78 is 20.0. The number of piperidine rings is 1. The Kier molecular flexibility index (Phi) is 5.46. The smallest absolute Gasteiger partial charge is 0.165 e. The third-order valence-electron chi connectivity index (χ3n) is 12.5. The summed E-state index contributed by atoms with van der Waals surface area (Å²) in [5.74, 6) is 3.08. The minimum absolute atomic E-state index is 0.000593. The Hall–Kier alpha value is -3.02. The second-order valence-electron chi connectivity index (χ2n) is 14.0. The highest BCUT2D eigenvalue weighted by molar-refractivity contribution is 5.64. The Balaban J connectivity index is 1.16. The molecule has 1 N–H and O–H groups in total. The number of hydrogen-bond acceptors (Lipinski definition) is 5. The standard InChI is InChI=1S/C37H42N2O3/c1-40-30-14-13-27-20-31-35-15-16-37(41-2,34-36(35,32(27)33(30)42-34)17-18-39(31)23-25-11-12-25)29(21-35)26-9-6-10-28(19-26)38-22-24-7-4-3-5-8-24/h3-10,13-14,19,25,29,31,34,38H,11-12,15-18,20-23H2,1-2H3/t29-,31-,34-,35-,36+,37-/m1/s1. The summed E-state index contributed by atoms with van der Waals surface area (Å²) in [7, 11) is 3.74. The molecule has 6 atom stereocenters. The van der Waals surface area contributed by atoms with Gasteiger partial charge in [-0.05, 0) is 92.3 Å². The zero-order chi connectivity index (χ0) is 28.1. The highest BCUT2D eigenvalue weighted by atomic mass is 16.6. The largest absolute Gasteiger partial charge is 0.493 e. The van der Waals surface area contributed by atoms with Crippen molar-refractivity contribution in [3.05, 3.63) is 89.0 Å². The fraction of sp³-hybridized carbons (Fsp3) is 0.514. The maximum atomic E-state index is 7.26. The fourth-order valence-corrected chi connectivity index (χ4v) is 10.6. The lowest BCUT2D eigenvalue weighted by molar-refractivity contribution is -0.261. The molecule has 5 aliphatic carbocycles. The number of nitrogens with one attached hydrogen (secondary N) is 1. The van der Waals surface area contributed by atoms with Crippen LogP contribution in [0.4, 0.5) is 5.69 Å². The van der Waals surface area contributed by atoms with Gasteiger partial charge < -0.3 is 19.5 Å². The molecule has 0 unspecified atom stereocenters. The van der Waals surface area contributed by atoms with Gasteiger partial charge in [0.15, 0.2) is 11.5 Å². The number of anilines is 1. The van der Waals surface area contributed by atoms with Crippen LogP contribution in [0.15, 0.2) is 66.7 Å². The van der Waals surface area contributed by atoms with Crippen LogP contribution in [0.2, 0.25) is 0 Å². The molecule has 4 bridgehead atoms. The van der Waals surface area contributed by atoms with Gasteiger partial charge in [-0.1, -0.05) is 48.5 Å². The summed E-state index contributed by atoms with van der Waals surface area (Å²) in [5.41, 5.74) is 6.61. The molecule has 10 rings (SSSR count). The molecule has 2 heterocycles. The summed E-state index contributed by atoms with van der Waals surface area (Å²) in [6.45, 7) is 3.26. The van der Waals surface area contributed by atoms with E-state index in [-0.39, 0.29) is 28.5 Å². The van der Waals surface area contributed by atoms with Gasteiger partial charge in [0, 0.05) is 54.2 Å². The lowest BCUT2D eigenvalue weighted by atomic mass is 9.34. The molecule has 5 heteroatoms. The van der Waals surface area contributed by atoms with E-state index in [1.165, 1.54) is 60.3 Å². The number of methoxy groups -OCH3 is 2. The molecule has 1 saturated heterocycles. The van der Waals surface area contributed by atoms with Crippen molar-refractivity contribution in [1.82, 2.24) is 4.90 Å². The summed E-state index contributed by atoms with van der Waals surface area (Å²) in [4.78, 5) is 2.92. The Morgan fingerprint density at radius 3 is 2.67 bits per heavy atom. The summed E-state index contributed by atoms with van der Waals surface area (Å²) in [6.07, 6.45) is 8.51. The fourth-order valence-electron chi connectivity index (χ4n) is 10.6. The first-order valence-corrected chi connectivity index (χ1v) is 16.2. The molecule has 3 aromatic rings. The van der Waals surface area contributed by atoms with E-state index in [1.807, 2.05) is 7.11 Å². The van der Waals surface area contributed by atoms with Crippen LogP contribution in [-0.4, -0.2) is 50.0 Å². The van der Waals surface area contributed by atoms with Crippen LogP contribution >= 0.6 is 0 Å². The van der Waals surface area contributed by atoms with E-state index in [4.69, 9.17) is 14.2 Å². The van der Waals surface area contributed by atoms with E-state index in [0.717, 1.165) is 49.6 Å². The molecule has 4 saturated carbocycles. The van der Waals surface area contributed by atoms with E-state index in [0.29, 0.717) is 6.04 Å². The van der Waals surface area contributed by atoms with Gasteiger partial charge >= 0.3 is 0 Å². The van der Waals surface area contributed by atoms with E-state index in [2.05, 4.69) is 76.9 Å². The second-order valence-corrected chi connectivity index (χ2v) is 14.0. The molecule has 5 nitrogen and oxygen atoms in total. The van der Waals surface area contributed by atoms with Crippen molar-refractivity contribution in [1.29, 1.82) is 0 Å². The van der Waals surface area contributed by atoms with Crippen molar-refractivity contribution in [2.45, 2.75) is 80.6 Å². The first-order chi connectivity index (χ1) is 20.6. The molecule has 2 aliphatic heterocycles. The normalized spacial score (nSPS) is 35.4. The maximum absolute atomic E-state index is 7.26. The number of fused-ring (bicyclic) bond motifs is 2. The molecule has 2 spiro atoms. The Bertz CT molecular complexity index is 1540. The minimum Gasteiger partial charge on any atom is -0.493 e. The number of ether oxygens (including phenoxy) is 3. The molecule has 5 fully saturated rings. The average Bonchev–Trinajstić information content (AvgIpc) is 3.78. The maximum Gasteiger partial charge on any atom is 0.165 e. The van der Waals surface area contributed by atoms with Crippen molar-refractivity contribution in [2.75, 3.05) is 32.6 Å². The summed E-state index contributed by atoms with van der Waals surface area (Å²) in [5, 5.41) is 3.70. The molecule has 0 amide bonds. The molecule has 218 valence electrons. The number of nitrogens with zero attached hydrogens (tertiary/aromatic N) is 1. The van der Waals surface area contributed by atoms with Crippen LogP contribution in [0.25, 0.3) is 0 Å². The SMILES string of the molecule is COc1ccc2c3c1O[C@H]1[C@@]4(OC)CC[C@@]5(C[C@@H]4c4cccc(NCc6ccccc6)c4)[C@@H](C2)N(CC2CC2)CC[C@]315. The van der Waals surface area contributed by atoms with Crippen LogP contribution in [0.3, 0.4) is 0 Å². The quantitative estimate of drug-likeness (QED) is 0.331. The Morgan fingerprint density at radius 2 is 1.86 bits per heavy atom. The van der Waals surface area contributed by atoms with Gasteiger partial charge in [0.1, 0.15) is 11.7 Å². The van der Waals surface area contributed by atoms with E-state index in [1.54, 1.807) is 7.11 Å². The predicted octanol–water partition coefficient (Wildman–Crippen LogP) is 6.70. The molecule has 7 aliphatic rings. The predicted molar refractivity (Wildman–Crippen MR) is 164 cm³/mol. The summed E-state index contributed by atoms with van der Waals surface area (Å²) in [6, 6.07) is 24.9. The topological polar surface area (TPSA) is 43.0 Å². The number of hydrogen-bond donors (Lipinski definition) is 1. The van der Waals surface area contributed by atoms with Crippen LogP contribution in [0.1, 0.15) is 66.7 Å². The zero-order valence-corrected chi connectivity index (χ0v) is 24.9. The van der Waals surface area contributed by atoms with Crippen molar-refractivity contribution < 1.29 is 14.2 Å². The lowest BCUT2D eigenvalue weighted by Gasteiger charge is -2.74. The Morgan fingerprint density at radius 1 is 0.976 bits per heavy atom. The van der Waals surface area contributed by atoms with Gasteiger partial charge in [-0.2, -0.15) is 0 Å². The highest BCUT2D eigenvalue weighted by Crippen LogP contribution is 2.78. The number of likely N-dealkylation sites (tertiary alicyclic amines) is 1. The number of benzene rings is 3. The first-order valence-electron chi connectivity index (χ1n) is 16.2. The Labute approximate surface area is 249 Å². The zero-order valence-electron chi connectivity index (χ0n) is 24.9. The molecule has 42 heavy (non-hydrogen) atoms. The van der Waals surface area contributed by atoms with E-state index in [9.17, 15) is 0 Å². The first kappa shape index (κ1) is 25.5. The van der Waals surface area contributed by atoms with Crippen LogP contribution in [0.5, 0.6) is 11.5 Å². The van der Waals surface area contributed by atoms with Crippen LogP contribution in [-0.2, 0) is 23.1 Å². The van der Waals surface area contributed by atoms with Gasteiger partial charge in [-0.25, -0.2) is 0 Å². The summed E-state index contributed by atoms with van der Waals surface area (Å²) >= 11 is 0. The van der Waals surface area contributed by atoms with Crippen LogP contribution in [0, 0.1) is 11.3 Å². The van der Waals surface area contributed by atoms with Crippen molar-refractivity contribution in [3.63, 3.8) is 0 Å². The minimum atomic E-state index is -0.373. The van der Waals surface area contributed by atoms with Crippen molar-refractivity contribution >= 4 is 5.69 Å². The van der Waals surface area contributed by atoms with E-state index < -0.39 is 0 Å². The van der Waals surface area contributed by atoms with Crippen molar-refractivity contribution in [2.24, 2.45) is 11.3 Å². The monoisotopic (exact) mass is 562 g/mol. The van der Waals surface area contributed by atoms with Gasteiger partial charge in [0.2, 0.25) is 0 Å². The molecular weight excluding hydrogens is 520 g/mol. The van der Waals surface area contributed by atoms with E-state index >= 15 is 0 Å². The van der Waals surface area contributed by atoms with Crippen molar-refractivity contribution in [3.8, 4) is 11.5 Å². The molecule has 0 aromatic heterocycles.